The van der Waals surface area contributed by atoms with Crippen LogP contribution >= 0.6 is 0 Å². The molecule has 0 radical (unpaired) electrons. The number of nitrogens with zero attached hydrogens (tertiary/aromatic N) is 4. The number of hydrogen-bond acceptors (Lipinski definition) is 4. The molecule has 6 aromatic rings. The van der Waals surface area contributed by atoms with Gasteiger partial charge in [-0.25, -0.2) is 13.5 Å². The van der Waals surface area contributed by atoms with E-state index >= 15 is 0 Å². The fraction of sp³-hybridized carbons (Fsp3) is 0.100. The molecule has 254 valence electrons. The van der Waals surface area contributed by atoms with Crippen molar-refractivity contribution in [3.05, 3.63) is 143 Å². The van der Waals surface area contributed by atoms with E-state index in [4.69, 9.17) is 12.8 Å². The van der Waals surface area contributed by atoms with Gasteiger partial charge < -0.3 is 10.6 Å². The van der Waals surface area contributed by atoms with E-state index in [2.05, 4.69) is 32.7 Å². The first-order valence-corrected chi connectivity index (χ1v) is 15.5. The number of amides is 2. The van der Waals surface area contributed by atoms with Gasteiger partial charge >= 0.3 is 0 Å². The minimum Gasteiger partial charge on any atom is -0.321 e. The fourth-order valence-electron chi connectivity index (χ4n) is 5.28. The third-order valence-electron chi connectivity index (χ3n) is 7.76. The highest BCUT2D eigenvalue weighted by molar-refractivity contribution is 6.07. The second kappa shape index (κ2) is 15.6. The van der Waals surface area contributed by atoms with Gasteiger partial charge in [-0.1, -0.05) is 72.5 Å². The van der Waals surface area contributed by atoms with E-state index in [1.807, 2.05) is 60.7 Å². The zero-order valence-corrected chi connectivity index (χ0v) is 27.8. The molecular weight excluding hydrogens is 653 g/mol. The van der Waals surface area contributed by atoms with Crippen molar-refractivity contribution in [1.82, 2.24) is 19.6 Å². The first-order chi connectivity index (χ1) is 24.5. The molecule has 0 aliphatic carbocycles. The van der Waals surface area contributed by atoms with Gasteiger partial charge in [-0.2, -0.15) is 14.6 Å². The van der Waals surface area contributed by atoms with Gasteiger partial charge in [-0.15, -0.1) is 12.8 Å². The smallest absolute Gasteiger partial charge is 0.282 e. The minimum atomic E-state index is -2.83. The molecular formula is C40H31F3N6O2. The Kier molecular flexibility index (Phi) is 10.8. The predicted molar refractivity (Wildman–Crippen MR) is 192 cm³/mol. The van der Waals surface area contributed by atoms with Gasteiger partial charge in [0.1, 0.15) is 11.3 Å². The first-order valence-electron chi connectivity index (χ1n) is 15.5. The molecule has 6 rings (SSSR count). The summed E-state index contributed by atoms with van der Waals surface area (Å²) in [6.07, 6.45) is 9.19. The molecule has 51 heavy (non-hydrogen) atoms. The average molecular weight is 685 g/mol. The first kappa shape index (κ1) is 35.5. The molecule has 4 aromatic carbocycles. The topological polar surface area (TPSA) is 93.8 Å². The Morgan fingerprint density at radius 3 is 1.63 bits per heavy atom. The number of carbonyl (C=O) groups excluding carboxylic acids is 2. The van der Waals surface area contributed by atoms with Crippen LogP contribution in [0.1, 0.15) is 49.7 Å². The summed E-state index contributed by atoms with van der Waals surface area (Å²) < 4.78 is 42.5. The van der Waals surface area contributed by atoms with Crippen molar-refractivity contribution in [3.8, 4) is 46.9 Å². The van der Waals surface area contributed by atoms with Crippen LogP contribution in [-0.4, -0.2) is 31.4 Å². The van der Waals surface area contributed by atoms with Crippen molar-refractivity contribution in [2.75, 3.05) is 10.6 Å². The van der Waals surface area contributed by atoms with Crippen molar-refractivity contribution in [1.29, 1.82) is 0 Å². The standard InChI is InChI=1S/C20H15F2N3O.C20H16FN3O/c1-3-13-8-10-14(11-9-13)15-6-4-5-7-17(15)23-20(26)16-12-25(2)24-18(16)19(21)22;1-4-14-9-11-15(12-10-14)16-7-5-6-8-17(16)22-20(25)18-13(2)23-24(3)19(18)21/h1,4-12,19H,2H3,(H,23,26);1,5-12H,2-3H3,(H,22,25). The molecule has 2 aromatic heterocycles. The van der Waals surface area contributed by atoms with Crippen LogP contribution in [0.15, 0.2) is 103 Å². The van der Waals surface area contributed by atoms with E-state index in [0.29, 0.717) is 17.1 Å². The molecule has 0 spiro atoms. The number of halogens is 3. The number of benzene rings is 4. The molecule has 2 amide bonds. The van der Waals surface area contributed by atoms with Crippen LogP contribution < -0.4 is 10.6 Å². The van der Waals surface area contributed by atoms with Gasteiger partial charge in [0, 0.05) is 53.9 Å². The lowest BCUT2D eigenvalue weighted by Crippen LogP contribution is -2.15. The van der Waals surface area contributed by atoms with Gasteiger partial charge in [-0.3, -0.25) is 14.3 Å². The zero-order chi connectivity index (χ0) is 36.7. The maximum atomic E-state index is 14.1. The Morgan fingerprint density at radius 2 is 1.20 bits per heavy atom. The van der Waals surface area contributed by atoms with E-state index < -0.39 is 29.9 Å². The predicted octanol–water partition coefficient (Wildman–Crippen LogP) is 8.03. The second-order valence-electron chi connectivity index (χ2n) is 11.2. The zero-order valence-electron chi connectivity index (χ0n) is 27.8. The lowest BCUT2D eigenvalue weighted by Gasteiger charge is -2.11. The number of carbonyl (C=O) groups is 2. The van der Waals surface area contributed by atoms with E-state index in [9.17, 15) is 22.8 Å². The summed E-state index contributed by atoms with van der Waals surface area (Å²) in [7, 11) is 2.95. The molecule has 0 atom stereocenters. The molecule has 0 saturated heterocycles. The molecule has 0 saturated carbocycles. The average Bonchev–Trinajstić information content (AvgIpc) is 3.66. The van der Waals surface area contributed by atoms with Crippen molar-refractivity contribution >= 4 is 23.2 Å². The van der Waals surface area contributed by atoms with Crippen molar-refractivity contribution in [2.24, 2.45) is 14.1 Å². The summed E-state index contributed by atoms with van der Waals surface area (Å²) in [4.78, 5) is 25.0. The van der Waals surface area contributed by atoms with E-state index in [0.717, 1.165) is 38.1 Å². The summed E-state index contributed by atoms with van der Waals surface area (Å²) in [6.45, 7) is 1.60. The maximum Gasteiger partial charge on any atom is 0.282 e. The minimum absolute atomic E-state index is 0.0556. The molecule has 0 bridgehead atoms. The number of aromatic nitrogens is 4. The van der Waals surface area contributed by atoms with Crippen LogP contribution in [0.4, 0.5) is 24.5 Å². The SMILES string of the molecule is C#Cc1ccc(-c2ccccc2NC(=O)c2c(C)nn(C)c2F)cc1.C#Cc1ccc(-c2ccccc2NC(=O)c2cn(C)nc2C(F)F)cc1. The second-order valence-corrected chi connectivity index (χ2v) is 11.2. The molecule has 8 nitrogen and oxygen atoms in total. The normalized spacial score (nSPS) is 10.5. The number of para-hydroxylation sites is 2. The molecule has 2 heterocycles. The fourth-order valence-corrected chi connectivity index (χ4v) is 5.28. The van der Waals surface area contributed by atoms with Crippen LogP contribution in [0, 0.1) is 37.6 Å². The summed E-state index contributed by atoms with van der Waals surface area (Å²) in [6, 6.07) is 29.2. The maximum absolute atomic E-state index is 14.1. The molecule has 11 heteroatoms. The number of hydrogen-bond donors (Lipinski definition) is 2. The van der Waals surface area contributed by atoms with E-state index in [1.165, 1.54) is 25.0 Å². The highest BCUT2D eigenvalue weighted by Crippen LogP contribution is 2.31. The van der Waals surface area contributed by atoms with Crippen molar-refractivity contribution in [3.63, 3.8) is 0 Å². The third kappa shape index (κ3) is 8.07. The number of nitrogens with one attached hydrogen (secondary N) is 2. The highest BCUT2D eigenvalue weighted by Gasteiger charge is 2.24. The molecule has 0 aliphatic heterocycles. The quantitative estimate of drug-likeness (QED) is 0.167. The Morgan fingerprint density at radius 1 is 0.725 bits per heavy atom. The Hall–Kier alpha value is -6.85. The largest absolute Gasteiger partial charge is 0.321 e. The lowest BCUT2D eigenvalue weighted by molar-refractivity contribution is 0.100. The summed E-state index contributed by atoms with van der Waals surface area (Å²) in [5.74, 6) is 3.28. The van der Waals surface area contributed by atoms with Crippen LogP contribution in [0.2, 0.25) is 0 Å². The summed E-state index contributed by atoms with van der Waals surface area (Å²) in [5.41, 5.74) is 5.53. The van der Waals surface area contributed by atoms with Gasteiger partial charge in [0.2, 0.25) is 5.95 Å². The van der Waals surface area contributed by atoms with Gasteiger partial charge in [0.05, 0.1) is 11.3 Å². The summed E-state index contributed by atoms with van der Waals surface area (Å²) >= 11 is 0. The van der Waals surface area contributed by atoms with Gasteiger partial charge in [0.25, 0.3) is 18.2 Å². The van der Waals surface area contributed by atoms with Gasteiger partial charge in [0.15, 0.2) is 0 Å². The molecule has 0 unspecified atom stereocenters. The number of alkyl halides is 2. The van der Waals surface area contributed by atoms with Crippen molar-refractivity contribution < 1.29 is 22.8 Å². The van der Waals surface area contributed by atoms with Crippen LogP contribution in [-0.2, 0) is 14.1 Å². The monoisotopic (exact) mass is 684 g/mol. The number of rotatable bonds is 7. The van der Waals surface area contributed by atoms with Crippen LogP contribution in [0.3, 0.4) is 0 Å². The van der Waals surface area contributed by atoms with Crippen LogP contribution in [0.5, 0.6) is 0 Å². The molecule has 0 aliphatic rings. The summed E-state index contributed by atoms with van der Waals surface area (Å²) in [5, 5.41) is 13.1. The molecule has 0 fully saturated rings. The van der Waals surface area contributed by atoms with E-state index in [-0.39, 0.29) is 11.1 Å². The third-order valence-corrected chi connectivity index (χ3v) is 7.76. The number of anilines is 2. The molecule has 2 N–H and O–H groups in total. The van der Waals surface area contributed by atoms with E-state index in [1.54, 1.807) is 43.3 Å². The highest BCUT2D eigenvalue weighted by atomic mass is 19.3. The Bertz CT molecular complexity index is 2290. The Labute approximate surface area is 293 Å². The lowest BCUT2D eigenvalue weighted by atomic mass is 10.0. The van der Waals surface area contributed by atoms with Crippen molar-refractivity contribution in [2.45, 2.75) is 13.3 Å². The Balaban J connectivity index is 0.000000198. The number of aryl methyl sites for hydroxylation is 3. The number of terminal acetylenes is 2. The van der Waals surface area contributed by atoms with Crippen LogP contribution in [0.25, 0.3) is 22.3 Å². The van der Waals surface area contributed by atoms with Gasteiger partial charge in [-0.05, 0) is 54.4 Å².